The Bertz CT molecular complexity index is 725. The lowest BCUT2D eigenvalue weighted by Gasteiger charge is -2.05. The number of rotatable bonds is 2. The van der Waals surface area contributed by atoms with E-state index in [2.05, 4.69) is 10.1 Å². The SMILES string of the molecule is Cn1nccc1C(=O)c1cccc2ncccc12. The Morgan fingerprint density at radius 3 is 2.78 bits per heavy atom. The Morgan fingerprint density at radius 1 is 1.11 bits per heavy atom. The smallest absolute Gasteiger partial charge is 0.211 e. The maximum atomic E-state index is 12.5. The Labute approximate surface area is 104 Å². The van der Waals surface area contributed by atoms with Gasteiger partial charge < -0.3 is 0 Å². The molecule has 1 aromatic carbocycles. The molecule has 4 nitrogen and oxygen atoms in total. The van der Waals surface area contributed by atoms with Gasteiger partial charge in [0.1, 0.15) is 5.69 Å². The fourth-order valence-electron chi connectivity index (χ4n) is 2.04. The summed E-state index contributed by atoms with van der Waals surface area (Å²) in [6, 6.07) is 11.0. The lowest BCUT2D eigenvalue weighted by Crippen LogP contribution is -2.08. The van der Waals surface area contributed by atoms with E-state index in [0.717, 1.165) is 10.9 Å². The Hall–Kier alpha value is -2.49. The van der Waals surface area contributed by atoms with Crippen molar-refractivity contribution in [1.29, 1.82) is 0 Å². The van der Waals surface area contributed by atoms with Crippen LogP contribution in [0.2, 0.25) is 0 Å². The third kappa shape index (κ3) is 1.59. The molecule has 88 valence electrons. The number of hydrogen-bond acceptors (Lipinski definition) is 3. The molecule has 0 aliphatic rings. The van der Waals surface area contributed by atoms with Crippen molar-refractivity contribution in [3.63, 3.8) is 0 Å². The van der Waals surface area contributed by atoms with Crippen molar-refractivity contribution in [2.75, 3.05) is 0 Å². The first-order valence-electron chi connectivity index (χ1n) is 5.64. The minimum absolute atomic E-state index is 0.0337. The summed E-state index contributed by atoms with van der Waals surface area (Å²) in [5.41, 5.74) is 2.06. The molecule has 2 heterocycles. The van der Waals surface area contributed by atoms with Crippen LogP contribution in [0, 0.1) is 0 Å². The summed E-state index contributed by atoms with van der Waals surface area (Å²) in [5.74, 6) is -0.0337. The molecule has 0 radical (unpaired) electrons. The third-order valence-electron chi connectivity index (χ3n) is 2.94. The lowest BCUT2D eigenvalue weighted by atomic mass is 10.0. The highest BCUT2D eigenvalue weighted by Gasteiger charge is 2.15. The van der Waals surface area contributed by atoms with Crippen LogP contribution in [0.4, 0.5) is 0 Å². The summed E-state index contributed by atoms with van der Waals surface area (Å²) in [5, 5.41) is 4.89. The maximum Gasteiger partial charge on any atom is 0.211 e. The van der Waals surface area contributed by atoms with E-state index in [1.807, 2.05) is 30.3 Å². The molecule has 0 saturated carbocycles. The number of carbonyl (C=O) groups is 1. The van der Waals surface area contributed by atoms with E-state index < -0.39 is 0 Å². The number of ketones is 1. The molecule has 2 aromatic heterocycles. The van der Waals surface area contributed by atoms with Crippen molar-refractivity contribution in [3.05, 3.63) is 60.0 Å². The van der Waals surface area contributed by atoms with Gasteiger partial charge in [0.15, 0.2) is 0 Å². The van der Waals surface area contributed by atoms with Crippen molar-refractivity contribution in [2.45, 2.75) is 0 Å². The molecule has 3 aromatic rings. The number of aromatic nitrogens is 3. The minimum Gasteiger partial charge on any atom is -0.287 e. The molecule has 0 fully saturated rings. The fourth-order valence-corrected chi connectivity index (χ4v) is 2.04. The van der Waals surface area contributed by atoms with Gasteiger partial charge in [0.05, 0.1) is 5.52 Å². The van der Waals surface area contributed by atoms with Gasteiger partial charge in [-0.3, -0.25) is 14.5 Å². The van der Waals surface area contributed by atoms with Gasteiger partial charge in [0, 0.05) is 30.4 Å². The van der Waals surface area contributed by atoms with E-state index in [4.69, 9.17) is 0 Å². The summed E-state index contributed by atoms with van der Waals surface area (Å²) >= 11 is 0. The van der Waals surface area contributed by atoms with Crippen LogP contribution in [0.1, 0.15) is 16.1 Å². The normalized spacial score (nSPS) is 10.7. The average molecular weight is 237 g/mol. The second-order valence-electron chi connectivity index (χ2n) is 4.04. The highest BCUT2D eigenvalue weighted by atomic mass is 16.1. The number of fused-ring (bicyclic) bond motifs is 1. The molecule has 3 rings (SSSR count). The molecule has 0 atom stereocenters. The molecule has 0 spiro atoms. The molecule has 0 saturated heterocycles. The van der Waals surface area contributed by atoms with Crippen molar-refractivity contribution in [1.82, 2.24) is 14.8 Å². The highest BCUT2D eigenvalue weighted by Crippen LogP contribution is 2.19. The molecule has 0 aliphatic heterocycles. The van der Waals surface area contributed by atoms with Crippen LogP contribution in [0.5, 0.6) is 0 Å². The van der Waals surface area contributed by atoms with Crippen LogP contribution in [0.15, 0.2) is 48.8 Å². The average Bonchev–Trinajstić information content (AvgIpc) is 2.83. The number of pyridine rings is 1. The number of carbonyl (C=O) groups excluding carboxylic acids is 1. The summed E-state index contributed by atoms with van der Waals surface area (Å²) < 4.78 is 1.58. The van der Waals surface area contributed by atoms with Crippen LogP contribution >= 0.6 is 0 Å². The van der Waals surface area contributed by atoms with E-state index in [-0.39, 0.29) is 5.78 Å². The van der Waals surface area contributed by atoms with Gasteiger partial charge in [0.2, 0.25) is 5.78 Å². The van der Waals surface area contributed by atoms with Gasteiger partial charge in [-0.15, -0.1) is 0 Å². The fraction of sp³-hybridized carbons (Fsp3) is 0.0714. The van der Waals surface area contributed by atoms with Crippen LogP contribution in [-0.2, 0) is 7.05 Å². The molecular weight excluding hydrogens is 226 g/mol. The lowest BCUT2D eigenvalue weighted by molar-refractivity contribution is 0.103. The molecule has 0 amide bonds. The third-order valence-corrected chi connectivity index (χ3v) is 2.94. The Balaban J connectivity index is 2.21. The number of aryl methyl sites for hydroxylation is 1. The van der Waals surface area contributed by atoms with Gasteiger partial charge in [-0.1, -0.05) is 18.2 Å². The summed E-state index contributed by atoms with van der Waals surface area (Å²) in [6.07, 6.45) is 3.34. The molecule has 0 N–H and O–H groups in total. The monoisotopic (exact) mass is 237 g/mol. The molecule has 4 heteroatoms. The quantitative estimate of drug-likeness (QED) is 0.642. The predicted molar refractivity (Wildman–Crippen MR) is 68.4 cm³/mol. The van der Waals surface area contributed by atoms with E-state index >= 15 is 0 Å². The first-order valence-corrected chi connectivity index (χ1v) is 5.64. The Kier molecular flexibility index (Phi) is 2.41. The standard InChI is InChI=1S/C14H11N3O/c1-17-13(7-9-16-17)14(18)11-4-2-6-12-10(11)5-3-8-15-12/h2-9H,1H3. The number of nitrogens with zero attached hydrogens (tertiary/aromatic N) is 3. The zero-order chi connectivity index (χ0) is 12.5. The summed E-state index contributed by atoms with van der Waals surface area (Å²) in [6.45, 7) is 0. The predicted octanol–water partition coefficient (Wildman–Crippen LogP) is 2.20. The van der Waals surface area contributed by atoms with Gasteiger partial charge in [0.25, 0.3) is 0 Å². The maximum absolute atomic E-state index is 12.5. The highest BCUT2D eigenvalue weighted by molar-refractivity contribution is 6.15. The first-order chi connectivity index (χ1) is 8.77. The number of benzene rings is 1. The van der Waals surface area contributed by atoms with Gasteiger partial charge in [-0.2, -0.15) is 5.10 Å². The molecule has 0 bridgehead atoms. The number of hydrogen-bond donors (Lipinski definition) is 0. The van der Waals surface area contributed by atoms with Crippen molar-refractivity contribution in [3.8, 4) is 0 Å². The zero-order valence-electron chi connectivity index (χ0n) is 9.87. The minimum atomic E-state index is -0.0337. The van der Waals surface area contributed by atoms with Gasteiger partial charge in [-0.05, 0) is 18.2 Å². The summed E-state index contributed by atoms with van der Waals surface area (Å²) in [4.78, 5) is 16.7. The van der Waals surface area contributed by atoms with E-state index in [9.17, 15) is 4.79 Å². The van der Waals surface area contributed by atoms with E-state index in [1.54, 1.807) is 30.2 Å². The molecular formula is C14H11N3O. The second-order valence-corrected chi connectivity index (χ2v) is 4.04. The summed E-state index contributed by atoms with van der Waals surface area (Å²) in [7, 11) is 1.76. The van der Waals surface area contributed by atoms with Crippen molar-refractivity contribution >= 4 is 16.7 Å². The van der Waals surface area contributed by atoms with Crippen LogP contribution in [0.3, 0.4) is 0 Å². The molecule has 0 aliphatic carbocycles. The van der Waals surface area contributed by atoms with Gasteiger partial charge in [-0.25, -0.2) is 0 Å². The molecule has 0 unspecified atom stereocenters. The van der Waals surface area contributed by atoms with Crippen LogP contribution < -0.4 is 0 Å². The Morgan fingerprint density at radius 2 is 2.00 bits per heavy atom. The topological polar surface area (TPSA) is 47.8 Å². The molecule has 18 heavy (non-hydrogen) atoms. The van der Waals surface area contributed by atoms with Crippen LogP contribution in [-0.4, -0.2) is 20.5 Å². The first kappa shape index (κ1) is 10.7. The van der Waals surface area contributed by atoms with Crippen molar-refractivity contribution < 1.29 is 4.79 Å². The van der Waals surface area contributed by atoms with Crippen molar-refractivity contribution in [2.24, 2.45) is 7.05 Å². The van der Waals surface area contributed by atoms with E-state index in [0.29, 0.717) is 11.3 Å². The van der Waals surface area contributed by atoms with Crippen LogP contribution in [0.25, 0.3) is 10.9 Å². The van der Waals surface area contributed by atoms with Gasteiger partial charge >= 0.3 is 0 Å². The second kappa shape index (κ2) is 4.07. The zero-order valence-corrected chi connectivity index (χ0v) is 9.87. The van der Waals surface area contributed by atoms with E-state index in [1.165, 1.54) is 0 Å². The largest absolute Gasteiger partial charge is 0.287 e.